The summed E-state index contributed by atoms with van der Waals surface area (Å²) < 4.78 is 10.7. The summed E-state index contributed by atoms with van der Waals surface area (Å²) in [5, 5.41) is 6.15. The zero-order chi connectivity index (χ0) is 20.2. The standard InChI is InChI=1S/C22H21N3O4/c1-28-20-9-8-15-5-2-3-7-18(15)19(20)12-23-24-22(27)16-11-21(26)25(13-16)14-17-6-4-10-29-17/h2-10,12,16H,11,13-14H2,1H3,(H,24,27)/b23-12+. The minimum atomic E-state index is -0.441. The Morgan fingerprint density at radius 3 is 2.93 bits per heavy atom. The van der Waals surface area contributed by atoms with Crippen LogP contribution in [0.4, 0.5) is 0 Å². The second kappa shape index (κ2) is 8.18. The van der Waals surface area contributed by atoms with E-state index >= 15 is 0 Å². The number of carbonyl (C=O) groups is 2. The van der Waals surface area contributed by atoms with Crippen molar-refractivity contribution in [3.05, 3.63) is 66.1 Å². The first-order valence-electron chi connectivity index (χ1n) is 9.34. The predicted molar refractivity (Wildman–Crippen MR) is 108 cm³/mol. The molecule has 0 saturated carbocycles. The molecule has 7 nitrogen and oxygen atoms in total. The van der Waals surface area contributed by atoms with Crippen LogP contribution < -0.4 is 10.2 Å². The van der Waals surface area contributed by atoms with Crippen LogP contribution in [0.2, 0.25) is 0 Å². The number of hydrazone groups is 1. The maximum absolute atomic E-state index is 12.5. The lowest BCUT2D eigenvalue weighted by Gasteiger charge is -2.14. The summed E-state index contributed by atoms with van der Waals surface area (Å²) in [5.41, 5.74) is 3.35. The summed E-state index contributed by atoms with van der Waals surface area (Å²) in [4.78, 5) is 26.3. The summed E-state index contributed by atoms with van der Waals surface area (Å²) in [5.74, 6) is 0.573. The van der Waals surface area contributed by atoms with Crippen molar-refractivity contribution < 1.29 is 18.7 Å². The van der Waals surface area contributed by atoms with Crippen LogP contribution in [0.3, 0.4) is 0 Å². The third-order valence-electron chi connectivity index (χ3n) is 5.03. The number of fused-ring (bicyclic) bond motifs is 1. The number of likely N-dealkylation sites (tertiary alicyclic amines) is 1. The fourth-order valence-electron chi connectivity index (χ4n) is 3.53. The molecule has 1 N–H and O–H groups in total. The highest BCUT2D eigenvalue weighted by Gasteiger charge is 2.34. The monoisotopic (exact) mass is 391 g/mol. The van der Waals surface area contributed by atoms with Gasteiger partial charge in [0.05, 0.1) is 32.1 Å². The molecule has 3 aromatic rings. The maximum atomic E-state index is 12.5. The van der Waals surface area contributed by atoms with E-state index in [0.717, 1.165) is 16.3 Å². The Morgan fingerprint density at radius 2 is 2.14 bits per heavy atom. The first-order valence-corrected chi connectivity index (χ1v) is 9.34. The molecule has 0 aliphatic carbocycles. The van der Waals surface area contributed by atoms with E-state index in [4.69, 9.17) is 9.15 Å². The minimum absolute atomic E-state index is 0.0683. The molecule has 2 heterocycles. The summed E-state index contributed by atoms with van der Waals surface area (Å²) in [6, 6.07) is 15.3. The molecule has 0 radical (unpaired) electrons. The third kappa shape index (κ3) is 3.99. The van der Waals surface area contributed by atoms with E-state index in [2.05, 4.69) is 10.5 Å². The summed E-state index contributed by atoms with van der Waals surface area (Å²) >= 11 is 0. The number of benzene rings is 2. The maximum Gasteiger partial charge on any atom is 0.245 e. The fourth-order valence-corrected chi connectivity index (χ4v) is 3.53. The van der Waals surface area contributed by atoms with Crippen molar-refractivity contribution >= 4 is 28.8 Å². The number of rotatable bonds is 6. The van der Waals surface area contributed by atoms with Gasteiger partial charge in [-0.2, -0.15) is 5.10 Å². The Hall–Kier alpha value is -3.61. The summed E-state index contributed by atoms with van der Waals surface area (Å²) in [6.07, 6.45) is 3.31. The number of hydrogen-bond donors (Lipinski definition) is 1. The number of ether oxygens (including phenoxy) is 1. The molecule has 1 fully saturated rings. The molecular formula is C22H21N3O4. The Morgan fingerprint density at radius 1 is 1.28 bits per heavy atom. The molecular weight excluding hydrogens is 370 g/mol. The van der Waals surface area contributed by atoms with E-state index in [0.29, 0.717) is 24.6 Å². The summed E-state index contributed by atoms with van der Waals surface area (Å²) in [7, 11) is 1.60. The minimum Gasteiger partial charge on any atom is -0.496 e. The molecule has 0 spiro atoms. The van der Waals surface area contributed by atoms with Crippen LogP contribution in [-0.4, -0.2) is 36.6 Å². The molecule has 1 aliphatic heterocycles. The highest BCUT2D eigenvalue weighted by Crippen LogP contribution is 2.26. The number of amides is 2. The SMILES string of the molecule is COc1ccc2ccccc2c1/C=N/NC(=O)C1CC(=O)N(Cc2ccco2)C1. The van der Waals surface area contributed by atoms with Gasteiger partial charge in [0.1, 0.15) is 11.5 Å². The van der Waals surface area contributed by atoms with Crippen molar-refractivity contribution in [3.8, 4) is 5.75 Å². The van der Waals surface area contributed by atoms with Gasteiger partial charge in [0.2, 0.25) is 11.8 Å². The first-order chi connectivity index (χ1) is 14.2. The van der Waals surface area contributed by atoms with Crippen LogP contribution in [-0.2, 0) is 16.1 Å². The number of hydrogen-bond acceptors (Lipinski definition) is 5. The molecule has 0 bridgehead atoms. The van der Waals surface area contributed by atoms with Gasteiger partial charge in [0.25, 0.3) is 0 Å². The van der Waals surface area contributed by atoms with Gasteiger partial charge in [0, 0.05) is 18.5 Å². The van der Waals surface area contributed by atoms with Gasteiger partial charge in [-0.25, -0.2) is 5.43 Å². The number of carbonyl (C=O) groups excluding carboxylic acids is 2. The van der Waals surface area contributed by atoms with Gasteiger partial charge in [-0.15, -0.1) is 0 Å². The fraction of sp³-hybridized carbons (Fsp3) is 0.227. The zero-order valence-electron chi connectivity index (χ0n) is 16.0. The number of nitrogens with one attached hydrogen (secondary N) is 1. The molecule has 2 aromatic carbocycles. The Kier molecular flexibility index (Phi) is 5.29. The highest BCUT2D eigenvalue weighted by molar-refractivity contribution is 6.02. The van der Waals surface area contributed by atoms with E-state index in [1.807, 2.05) is 42.5 Å². The Bertz CT molecular complexity index is 1060. The van der Waals surface area contributed by atoms with Crippen LogP contribution in [0.15, 0.2) is 64.3 Å². The van der Waals surface area contributed by atoms with Crippen molar-refractivity contribution in [2.75, 3.05) is 13.7 Å². The molecule has 148 valence electrons. The lowest BCUT2D eigenvalue weighted by Crippen LogP contribution is -2.30. The largest absolute Gasteiger partial charge is 0.496 e. The van der Waals surface area contributed by atoms with Gasteiger partial charge in [0.15, 0.2) is 0 Å². The molecule has 1 aromatic heterocycles. The predicted octanol–water partition coefficient (Wildman–Crippen LogP) is 2.94. The van der Waals surface area contributed by atoms with Gasteiger partial charge >= 0.3 is 0 Å². The van der Waals surface area contributed by atoms with Crippen molar-refractivity contribution in [2.45, 2.75) is 13.0 Å². The number of furan rings is 1. The number of methoxy groups -OCH3 is 1. The van der Waals surface area contributed by atoms with Gasteiger partial charge in [-0.05, 0) is 29.0 Å². The van der Waals surface area contributed by atoms with Crippen LogP contribution in [0.5, 0.6) is 5.75 Å². The average molecular weight is 391 g/mol. The van der Waals surface area contributed by atoms with Crippen LogP contribution in [0.25, 0.3) is 10.8 Å². The van der Waals surface area contributed by atoms with E-state index in [9.17, 15) is 9.59 Å². The van der Waals surface area contributed by atoms with E-state index in [1.54, 1.807) is 30.6 Å². The van der Waals surface area contributed by atoms with Crippen molar-refractivity contribution in [2.24, 2.45) is 11.0 Å². The molecule has 1 aliphatic rings. The van der Waals surface area contributed by atoms with Crippen LogP contribution >= 0.6 is 0 Å². The van der Waals surface area contributed by atoms with Gasteiger partial charge in [-0.1, -0.05) is 30.3 Å². The second-order valence-electron chi connectivity index (χ2n) is 6.89. The molecule has 4 rings (SSSR count). The summed E-state index contributed by atoms with van der Waals surface area (Å²) in [6.45, 7) is 0.713. The molecule has 1 unspecified atom stereocenters. The lowest BCUT2D eigenvalue weighted by molar-refractivity contribution is -0.129. The Balaban J connectivity index is 1.43. The van der Waals surface area contributed by atoms with Crippen LogP contribution in [0, 0.1) is 5.92 Å². The van der Waals surface area contributed by atoms with E-state index < -0.39 is 5.92 Å². The number of nitrogens with zero attached hydrogens (tertiary/aromatic N) is 2. The first kappa shape index (κ1) is 18.7. The Labute approximate surface area is 167 Å². The molecule has 2 amide bonds. The normalized spacial score (nSPS) is 16.7. The van der Waals surface area contributed by atoms with E-state index in [-0.39, 0.29) is 18.2 Å². The van der Waals surface area contributed by atoms with Gasteiger partial charge in [-0.3, -0.25) is 9.59 Å². The smallest absolute Gasteiger partial charge is 0.245 e. The highest BCUT2D eigenvalue weighted by atomic mass is 16.5. The molecule has 1 saturated heterocycles. The van der Waals surface area contributed by atoms with E-state index in [1.165, 1.54) is 0 Å². The van der Waals surface area contributed by atoms with Crippen LogP contribution in [0.1, 0.15) is 17.7 Å². The third-order valence-corrected chi connectivity index (χ3v) is 5.03. The average Bonchev–Trinajstić information content (AvgIpc) is 3.38. The second-order valence-corrected chi connectivity index (χ2v) is 6.89. The van der Waals surface area contributed by atoms with Crippen molar-refractivity contribution in [1.82, 2.24) is 10.3 Å². The molecule has 1 atom stereocenters. The quantitative estimate of drug-likeness (QED) is 0.517. The van der Waals surface area contributed by atoms with Crippen molar-refractivity contribution in [3.63, 3.8) is 0 Å². The topological polar surface area (TPSA) is 84.1 Å². The van der Waals surface area contributed by atoms with Crippen molar-refractivity contribution in [1.29, 1.82) is 0 Å². The molecule has 29 heavy (non-hydrogen) atoms. The van der Waals surface area contributed by atoms with Gasteiger partial charge < -0.3 is 14.1 Å². The lowest BCUT2D eigenvalue weighted by atomic mass is 10.0. The zero-order valence-corrected chi connectivity index (χ0v) is 16.0. The molecule has 7 heteroatoms.